The van der Waals surface area contributed by atoms with Gasteiger partial charge in [0.1, 0.15) is 5.75 Å². The van der Waals surface area contributed by atoms with Crippen LogP contribution in [0, 0.1) is 6.92 Å². The molecule has 3 nitrogen and oxygen atoms in total. The average molecular weight is 405 g/mol. The Hall–Kier alpha value is -1.84. The minimum Gasteiger partial charge on any atom is -0.494 e. The molecule has 2 aromatic rings. The van der Waals surface area contributed by atoms with Crippen LogP contribution in [0.15, 0.2) is 42.5 Å². The van der Waals surface area contributed by atoms with Crippen LogP contribution in [0.25, 0.3) is 0 Å². The van der Waals surface area contributed by atoms with Crippen LogP contribution in [0.3, 0.4) is 0 Å². The molecule has 3 aliphatic heterocycles. The Labute approximate surface area is 182 Å². The fourth-order valence-corrected chi connectivity index (χ4v) is 5.81. The molecular formula is C27H36N2O. The van der Waals surface area contributed by atoms with Crippen molar-refractivity contribution in [3.05, 3.63) is 64.7 Å². The van der Waals surface area contributed by atoms with Gasteiger partial charge in [0, 0.05) is 25.0 Å². The van der Waals surface area contributed by atoms with Crippen molar-refractivity contribution < 1.29 is 4.74 Å². The Kier molecular flexibility index (Phi) is 6.10. The largest absolute Gasteiger partial charge is 0.494 e. The van der Waals surface area contributed by atoms with E-state index >= 15 is 0 Å². The summed E-state index contributed by atoms with van der Waals surface area (Å²) < 4.78 is 6.23. The second-order valence-corrected chi connectivity index (χ2v) is 9.51. The lowest BCUT2D eigenvalue weighted by Crippen LogP contribution is -2.34. The van der Waals surface area contributed by atoms with Gasteiger partial charge in [-0.05, 0) is 87.5 Å². The first-order chi connectivity index (χ1) is 14.8. The molecule has 3 aliphatic rings. The van der Waals surface area contributed by atoms with Crippen LogP contribution in [-0.2, 0) is 0 Å². The first kappa shape index (κ1) is 20.1. The van der Waals surface area contributed by atoms with E-state index in [1.54, 1.807) is 0 Å². The van der Waals surface area contributed by atoms with Crippen LogP contribution in [0.4, 0.5) is 0 Å². The van der Waals surface area contributed by atoms with Crippen molar-refractivity contribution in [1.82, 2.24) is 9.80 Å². The maximum Gasteiger partial charge on any atom is 0.119 e. The second kappa shape index (κ2) is 9.11. The fraction of sp³-hybridized carbons (Fsp3) is 0.556. The summed E-state index contributed by atoms with van der Waals surface area (Å²) in [6.45, 7) is 9.13. The molecule has 0 N–H and O–H groups in total. The molecule has 3 heterocycles. The Morgan fingerprint density at radius 3 is 2.70 bits per heavy atom. The second-order valence-electron chi connectivity index (χ2n) is 9.51. The van der Waals surface area contributed by atoms with Gasteiger partial charge < -0.3 is 9.64 Å². The normalized spacial score (nSPS) is 24.4. The topological polar surface area (TPSA) is 15.7 Å². The quantitative estimate of drug-likeness (QED) is 0.589. The van der Waals surface area contributed by atoms with E-state index in [0.717, 1.165) is 25.3 Å². The van der Waals surface area contributed by atoms with Gasteiger partial charge in [0.25, 0.3) is 0 Å². The summed E-state index contributed by atoms with van der Waals surface area (Å²) >= 11 is 0. The zero-order chi connectivity index (χ0) is 20.3. The van der Waals surface area contributed by atoms with E-state index in [-0.39, 0.29) is 0 Å². The lowest BCUT2D eigenvalue weighted by atomic mass is 9.81. The molecule has 2 atom stereocenters. The third-order valence-electron chi connectivity index (χ3n) is 7.35. The standard InChI is InChI=1S/C27H36N2O/c1-21-8-5-9-22(18-21)26-20-29-16-6-10-27(29)25-19-23(11-12-24(25)26)30-17-7-15-28-13-3-2-4-14-28/h5,8-9,11-12,18-19,26-27H,2-4,6-7,10,13-17,20H2,1H3/t26-,27+/m0/s1. The summed E-state index contributed by atoms with van der Waals surface area (Å²) in [7, 11) is 0. The first-order valence-corrected chi connectivity index (χ1v) is 12.1. The highest BCUT2D eigenvalue weighted by atomic mass is 16.5. The van der Waals surface area contributed by atoms with Gasteiger partial charge >= 0.3 is 0 Å². The maximum absolute atomic E-state index is 6.23. The molecule has 0 saturated carbocycles. The molecule has 2 fully saturated rings. The van der Waals surface area contributed by atoms with Crippen LogP contribution in [-0.4, -0.2) is 49.1 Å². The molecule has 5 rings (SSSR count). The highest BCUT2D eigenvalue weighted by Crippen LogP contribution is 2.45. The van der Waals surface area contributed by atoms with E-state index in [1.165, 1.54) is 80.5 Å². The number of nitrogens with zero attached hydrogens (tertiary/aromatic N) is 2. The fourth-order valence-electron chi connectivity index (χ4n) is 5.81. The van der Waals surface area contributed by atoms with Crippen LogP contribution in [0.5, 0.6) is 5.75 Å². The number of ether oxygens (including phenoxy) is 1. The molecular weight excluding hydrogens is 368 g/mol. The smallest absolute Gasteiger partial charge is 0.119 e. The first-order valence-electron chi connectivity index (χ1n) is 12.1. The van der Waals surface area contributed by atoms with Crippen molar-refractivity contribution in [2.24, 2.45) is 0 Å². The molecule has 0 aromatic heterocycles. The zero-order valence-corrected chi connectivity index (χ0v) is 18.5. The van der Waals surface area contributed by atoms with E-state index in [9.17, 15) is 0 Å². The molecule has 160 valence electrons. The van der Waals surface area contributed by atoms with Crippen LogP contribution < -0.4 is 4.74 Å². The van der Waals surface area contributed by atoms with E-state index in [4.69, 9.17) is 4.74 Å². The molecule has 2 aromatic carbocycles. The number of rotatable bonds is 6. The van der Waals surface area contributed by atoms with Crippen molar-refractivity contribution in [3.8, 4) is 5.75 Å². The number of hydrogen-bond donors (Lipinski definition) is 0. The molecule has 0 bridgehead atoms. The molecule has 0 spiro atoms. The van der Waals surface area contributed by atoms with Gasteiger partial charge in [-0.3, -0.25) is 4.90 Å². The molecule has 0 aliphatic carbocycles. The summed E-state index contributed by atoms with van der Waals surface area (Å²) in [5.74, 6) is 1.53. The predicted molar refractivity (Wildman–Crippen MR) is 123 cm³/mol. The molecule has 30 heavy (non-hydrogen) atoms. The van der Waals surface area contributed by atoms with Crippen molar-refractivity contribution in [2.45, 2.75) is 57.4 Å². The molecule has 3 heteroatoms. The third-order valence-corrected chi connectivity index (χ3v) is 7.35. The van der Waals surface area contributed by atoms with Crippen molar-refractivity contribution >= 4 is 0 Å². The summed E-state index contributed by atoms with van der Waals surface area (Å²) in [5.41, 5.74) is 5.84. The molecule has 0 unspecified atom stereocenters. The maximum atomic E-state index is 6.23. The van der Waals surface area contributed by atoms with Gasteiger partial charge in [-0.25, -0.2) is 0 Å². The summed E-state index contributed by atoms with van der Waals surface area (Å²) in [4.78, 5) is 5.30. The molecule has 0 radical (unpaired) electrons. The van der Waals surface area contributed by atoms with Crippen LogP contribution in [0.2, 0.25) is 0 Å². The number of likely N-dealkylation sites (tertiary alicyclic amines) is 1. The van der Waals surface area contributed by atoms with Crippen LogP contribution >= 0.6 is 0 Å². The number of benzene rings is 2. The van der Waals surface area contributed by atoms with Gasteiger partial charge in [0.15, 0.2) is 0 Å². The Morgan fingerprint density at radius 1 is 0.933 bits per heavy atom. The summed E-state index contributed by atoms with van der Waals surface area (Å²) in [5, 5.41) is 0. The van der Waals surface area contributed by atoms with E-state index in [2.05, 4.69) is 59.2 Å². The molecule has 2 saturated heterocycles. The predicted octanol–water partition coefficient (Wildman–Crippen LogP) is 5.53. The lowest BCUT2D eigenvalue weighted by molar-refractivity contribution is 0.204. The number of hydrogen-bond acceptors (Lipinski definition) is 3. The highest BCUT2D eigenvalue weighted by molar-refractivity contribution is 5.47. The van der Waals surface area contributed by atoms with Gasteiger partial charge in [-0.2, -0.15) is 0 Å². The van der Waals surface area contributed by atoms with Crippen molar-refractivity contribution in [2.75, 3.05) is 39.3 Å². The third kappa shape index (κ3) is 4.29. The minimum atomic E-state index is 0.474. The minimum absolute atomic E-state index is 0.474. The van der Waals surface area contributed by atoms with Crippen LogP contribution in [0.1, 0.15) is 72.7 Å². The van der Waals surface area contributed by atoms with Gasteiger partial charge in [-0.1, -0.05) is 42.3 Å². The highest BCUT2D eigenvalue weighted by Gasteiger charge is 2.36. The SMILES string of the molecule is Cc1cccc([C@@H]2CN3CCC[C@@H]3c3cc(OCCCN4CCCCC4)ccc32)c1. The Bertz CT molecular complexity index is 858. The number of piperidine rings is 1. The zero-order valence-electron chi connectivity index (χ0n) is 18.5. The van der Waals surface area contributed by atoms with Crippen molar-refractivity contribution in [3.63, 3.8) is 0 Å². The summed E-state index contributed by atoms with van der Waals surface area (Å²) in [6.07, 6.45) is 7.86. The van der Waals surface area contributed by atoms with E-state index in [0.29, 0.717) is 12.0 Å². The summed E-state index contributed by atoms with van der Waals surface area (Å²) in [6, 6.07) is 16.6. The Morgan fingerprint density at radius 2 is 1.83 bits per heavy atom. The average Bonchev–Trinajstić information content (AvgIpc) is 3.26. The monoisotopic (exact) mass is 404 g/mol. The van der Waals surface area contributed by atoms with Crippen molar-refractivity contribution in [1.29, 1.82) is 0 Å². The number of fused-ring (bicyclic) bond motifs is 3. The van der Waals surface area contributed by atoms with Gasteiger partial charge in [-0.15, -0.1) is 0 Å². The lowest BCUT2D eigenvalue weighted by Gasteiger charge is -2.38. The van der Waals surface area contributed by atoms with E-state index < -0.39 is 0 Å². The molecule has 0 amide bonds. The number of aryl methyl sites for hydroxylation is 1. The van der Waals surface area contributed by atoms with Gasteiger partial charge in [0.2, 0.25) is 0 Å². The van der Waals surface area contributed by atoms with E-state index in [1.807, 2.05) is 0 Å². The van der Waals surface area contributed by atoms with Gasteiger partial charge in [0.05, 0.1) is 6.61 Å². The Balaban J connectivity index is 1.30.